The minimum atomic E-state index is -0.457. The molecule has 2 amide bonds. The number of urea groups is 1. The van der Waals surface area contributed by atoms with Gasteiger partial charge in [-0.1, -0.05) is 11.2 Å². The highest BCUT2D eigenvalue weighted by molar-refractivity contribution is 5.89. The number of nitrogens with one attached hydrogen (secondary N) is 2. The second-order valence-corrected chi connectivity index (χ2v) is 4.64. The molecule has 1 heterocycles. The van der Waals surface area contributed by atoms with E-state index in [0.717, 1.165) is 12.8 Å². The van der Waals surface area contributed by atoms with E-state index < -0.39 is 11.8 Å². The molecule has 0 aliphatic heterocycles. The Morgan fingerprint density at radius 1 is 1.45 bits per heavy atom. The quantitative estimate of drug-likeness (QED) is 0.898. The monoisotopic (exact) mass is 276 g/mol. The van der Waals surface area contributed by atoms with Gasteiger partial charge in [0, 0.05) is 11.6 Å². The fourth-order valence-electron chi connectivity index (χ4n) is 1.74. The molecule has 0 saturated heterocycles. The number of rotatable bonds is 4. The number of halogens is 1. The van der Waals surface area contributed by atoms with Crippen molar-refractivity contribution in [1.82, 2.24) is 15.5 Å². The predicted molar refractivity (Wildman–Crippen MR) is 68.5 cm³/mol. The van der Waals surface area contributed by atoms with E-state index in [1.807, 2.05) is 0 Å². The van der Waals surface area contributed by atoms with Gasteiger partial charge in [-0.05, 0) is 31.0 Å². The van der Waals surface area contributed by atoms with Gasteiger partial charge in [-0.3, -0.25) is 0 Å². The third-order valence-corrected chi connectivity index (χ3v) is 2.91. The molecule has 20 heavy (non-hydrogen) atoms. The lowest BCUT2D eigenvalue weighted by Gasteiger charge is -2.05. The molecule has 1 saturated carbocycles. The summed E-state index contributed by atoms with van der Waals surface area (Å²) in [6.07, 6.45) is 2.18. The molecule has 0 atom stereocenters. The van der Waals surface area contributed by atoms with E-state index in [1.165, 1.54) is 18.2 Å². The average Bonchev–Trinajstić information content (AvgIpc) is 3.16. The van der Waals surface area contributed by atoms with Gasteiger partial charge < -0.3 is 15.2 Å². The molecular weight excluding hydrogens is 263 g/mol. The highest BCUT2D eigenvalue weighted by Gasteiger charge is 2.28. The molecule has 0 spiro atoms. The van der Waals surface area contributed by atoms with Gasteiger partial charge >= 0.3 is 6.03 Å². The summed E-state index contributed by atoms with van der Waals surface area (Å²) in [7, 11) is 0. The molecule has 2 aromatic rings. The summed E-state index contributed by atoms with van der Waals surface area (Å²) in [6, 6.07) is 5.20. The molecule has 2 N–H and O–H groups in total. The lowest BCUT2D eigenvalue weighted by atomic mass is 10.3. The number of anilines is 1. The lowest BCUT2D eigenvalue weighted by molar-refractivity contribution is 0.249. The number of hydrogen-bond acceptors (Lipinski definition) is 4. The molecular formula is C13H13FN4O2. The van der Waals surface area contributed by atoms with E-state index >= 15 is 0 Å². The molecule has 1 fully saturated rings. The summed E-state index contributed by atoms with van der Waals surface area (Å²) in [5, 5.41) is 8.93. The first-order valence-corrected chi connectivity index (χ1v) is 6.33. The second-order valence-electron chi connectivity index (χ2n) is 4.64. The van der Waals surface area contributed by atoms with E-state index in [4.69, 9.17) is 4.52 Å². The van der Waals surface area contributed by atoms with Crippen LogP contribution in [0.1, 0.15) is 30.5 Å². The van der Waals surface area contributed by atoms with E-state index in [2.05, 4.69) is 20.8 Å². The first-order chi connectivity index (χ1) is 9.70. The zero-order chi connectivity index (χ0) is 13.9. The molecule has 6 nitrogen and oxygen atoms in total. The fraction of sp³-hybridized carbons (Fsp3) is 0.308. The normalized spacial score (nSPS) is 14.1. The molecule has 7 heteroatoms. The molecule has 1 aliphatic rings. The van der Waals surface area contributed by atoms with Crippen LogP contribution in [0, 0.1) is 5.82 Å². The van der Waals surface area contributed by atoms with Crippen LogP contribution in [-0.2, 0) is 6.54 Å². The Kier molecular flexibility index (Phi) is 3.32. The standard InChI is InChI=1S/C13H13FN4O2/c14-9-2-1-3-10(6-9)16-13(19)15-7-11-17-12(18-20-11)8-4-5-8/h1-3,6,8H,4-5,7H2,(H2,15,16,19). The molecule has 1 aromatic heterocycles. The number of aromatic nitrogens is 2. The van der Waals surface area contributed by atoms with Gasteiger partial charge in [0.1, 0.15) is 5.82 Å². The summed E-state index contributed by atoms with van der Waals surface area (Å²) >= 11 is 0. The van der Waals surface area contributed by atoms with Crippen molar-refractivity contribution in [2.45, 2.75) is 25.3 Å². The Bertz CT molecular complexity index is 624. The number of benzene rings is 1. The van der Waals surface area contributed by atoms with Crippen molar-refractivity contribution < 1.29 is 13.7 Å². The average molecular weight is 276 g/mol. The fourth-order valence-corrected chi connectivity index (χ4v) is 1.74. The summed E-state index contributed by atoms with van der Waals surface area (Å²) in [4.78, 5) is 15.8. The predicted octanol–water partition coefficient (Wildman–Crippen LogP) is 2.41. The Hall–Kier alpha value is -2.44. The van der Waals surface area contributed by atoms with E-state index in [0.29, 0.717) is 23.3 Å². The number of carbonyl (C=O) groups excluding carboxylic acids is 1. The molecule has 1 aromatic carbocycles. The highest BCUT2D eigenvalue weighted by Crippen LogP contribution is 2.37. The molecule has 3 rings (SSSR count). The Morgan fingerprint density at radius 2 is 2.30 bits per heavy atom. The number of hydrogen-bond donors (Lipinski definition) is 2. The minimum absolute atomic E-state index is 0.140. The van der Waals surface area contributed by atoms with Crippen molar-refractivity contribution in [3.05, 3.63) is 41.8 Å². The van der Waals surface area contributed by atoms with Crippen LogP contribution in [0.25, 0.3) is 0 Å². The van der Waals surface area contributed by atoms with Crippen molar-refractivity contribution in [2.24, 2.45) is 0 Å². The van der Waals surface area contributed by atoms with E-state index in [-0.39, 0.29) is 6.54 Å². The maximum atomic E-state index is 12.9. The zero-order valence-electron chi connectivity index (χ0n) is 10.6. The van der Waals surface area contributed by atoms with Crippen LogP contribution < -0.4 is 10.6 Å². The summed E-state index contributed by atoms with van der Waals surface area (Å²) < 4.78 is 18.0. The SMILES string of the molecule is O=C(NCc1nc(C2CC2)no1)Nc1cccc(F)c1. The Balaban J connectivity index is 1.51. The third-order valence-electron chi connectivity index (χ3n) is 2.91. The van der Waals surface area contributed by atoms with Gasteiger partial charge in [0.15, 0.2) is 5.82 Å². The van der Waals surface area contributed by atoms with Gasteiger partial charge in [-0.2, -0.15) is 4.98 Å². The molecule has 1 aliphatic carbocycles. The highest BCUT2D eigenvalue weighted by atomic mass is 19.1. The Morgan fingerprint density at radius 3 is 3.05 bits per heavy atom. The maximum absolute atomic E-state index is 12.9. The van der Waals surface area contributed by atoms with Crippen molar-refractivity contribution in [1.29, 1.82) is 0 Å². The van der Waals surface area contributed by atoms with Crippen molar-refractivity contribution in [2.75, 3.05) is 5.32 Å². The van der Waals surface area contributed by atoms with Gasteiger partial charge in [0.25, 0.3) is 0 Å². The maximum Gasteiger partial charge on any atom is 0.319 e. The summed E-state index contributed by atoms with van der Waals surface area (Å²) in [5.74, 6) is 1.07. The topological polar surface area (TPSA) is 80.1 Å². The van der Waals surface area contributed by atoms with E-state index in [9.17, 15) is 9.18 Å². The van der Waals surface area contributed by atoms with Gasteiger partial charge in [0.05, 0.1) is 6.54 Å². The number of carbonyl (C=O) groups is 1. The van der Waals surface area contributed by atoms with Crippen LogP contribution >= 0.6 is 0 Å². The van der Waals surface area contributed by atoms with Crippen LogP contribution in [-0.4, -0.2) is 16.2 Å². The second kappa shape index (κ2) is 5.28. The van der Waals surface area contributed by atoms with Crippen LogP contribution in [0.5, 0.6) is 0 Å². The van der Waals surface area contributed by atoms with Crippen LogP contribution in [0.15, 0.2) is 28.8 Å². The third kappa shape index (κ3) is 3.11. The Labute approximate surface area is 114 Å². The lowest BCUT2D eigenvalue weighted by Crippen LogP contribution is -2.28. The number of nitrogens with zero attached hydrogens (tertiary/aromatic N) is 2. The first-order valence-electron chi connectivity index (χ1n) is 6.33. The minimum Gasteiger partial charge on any atom is -0.337 e. The molecule has 0 radical (unpaired) electrons. The molecule has 104 valence electrons. The number of amides is 2. The van der Waals surface area contributed by atoms with Crippen LogP contribution in [0.4, 0.5) is 14.9 Å². The smallest absolute Gasteiger partial charge is 0.319 e. The van der Waals surface area contributed by atoms with Crippen LogP contribution in [0.3, 0.4) is 0 Å². The van der Waals surface area contributed by atoms with E-state index in [1.54, 1.807) is 6.07 Å². The first kappa shape index (κ1) is 12.6. The van der Waals surface area contributed by atoms with Gasteiger partial charge in [-0.15, -0.1) is 0 Å². The van der Waals surface area contributed by atoms with Crippen molar-refractivity contribution in [3.8, 4) is 0 Å². The molecule has 0 unspecified atom stereocenters. The van der Waals surface area contributed by atoms with Crippen molar-refractivity contribution >= 4 is 11.7 Å². The van der Waals surface area contributed by atoms with Gasteiger partial charge in [-0.25, -0.2) is 9.18 Å². The summed E-state index contributed by atoms with van der Waals surface area (Å²) in [6.45, 7) is 0.140. The van der Waals surface area contributed by atoms with Crippen molar-refractivity contribution in [3.63, 3.8) is 0 Å². The summed E-state index contributed by atoms with van der Waals surface area (Å²) in [5.41, 5.74) is 0.381. The van der Waals surface area contributed by atoms with Crippen LogP contribution in [0.2, 0.25) is 0 Å². The van der Waals surface area contributed by atoms with Gasteiger partial charge in [0.2, 0.25) is 5.89 Å². The largest absolute Gasteiger partial charge is 0.337 e. The zero-order valence-corrected chi connectivity index (χ0v) is 10.6. The molecule has 0 bridgehead atoms.